The van der Waals surface area contributed by atoms with E-state index < -0.39 is 0 Å². The molecule has 3 rings (SSSR count). The number of hydrogen-bond acceptors (Lipinski definition) is 5. The van der Waals surface area contributed by atoms with Gasteiger partial charge in [-0.25, -0.2) is 0 Å². The molecule has 0 saturated carbocycles. The smallest absolute Gasteiger partial charge is 0.240 e. The third-order valence-corrected chi connectivity index (χ3v) is 4.89. The van der Waals surface area contributed by atoms with Gasteiger partial charge in [0.2, 0.25) is 11.9 Å². The van der Waals surface area contributed by atoms with Gasteiger partial charge in [0.25, 0.3) is 0 Å². The lowest BCUT2D eigenvalue weighted by Crippen LogP contribution is -2.28. The number of benzene rings is 1. The van der Waals surface area contributed by atoms with E-state index in [0.29, 0.717) is 11.1 Å². The molecular formula is C15H19N5OS. The summed E-state index contributed by atoms with van der Waals surface area (Å²) in [6.07, 6.45) is 0.795. The van der Waals surface area contributed by atoms with Crippen molar-refractivity contribution in [1.82, 2.24) is 14.8 Å². The Hall–Kier alpha value is -2.02. The lowest BCUT2D eigenvalue weighted by molar-refractivity contribution is -0.116. The summed E-state index contributed by atoms with van der Waals surface area (Å²) in [6, 6.07) is 9.92. The molecule has 1 aliphatic heterocycles. The van der Waals surface area contributed by atoms with Crippen LogP contribution in [0.1, 0.15) is 26.3 Å². The fourth-order valence-corrected chi connectivity index (χ4v) is 3.82. The van der Waals surface area contributed by atoms with Gasteiger partial charge in [0.15, 0.2) is 5.16 Å². The Morgan fingerprint density at radius 1 is 1.27 bits per heavy atom. The first-order valence-electron chi connectivity index (χ1n) is 7.31. The normalized spacial score (nSPS) is 18.4. The Morgan fingerprint density at radius 2 is 2.00 bits per heavy atom. The lowest BCUT2D eigenvalue weighted by atomic mass is 10.3. The van der Waals surface area contributed by atoms with E-state index in [9.17, 15) is 4.79 Å². The number of nitrogen functional groups attached to an aromatic ring is 1. The highest BCUT2D eigenvalue weighted by Gasteiger charge is 2.34. The number of anilines is 2. The van der Waals surface area contributed by atoms with Gasteiger partial charge in [0, 0.05) is 18.3 Å². The number of nitrogens with two attached hydrogens (primary N) is 1. The second-order valence-electron chi connectivity index (χ2n) is 5.53. The van der Waals surface area contributed by atoms with Gasteiger partial charge in [-0.3, -0.25) is 9.36 Å². The minimum Gasteiger partial charge on any atom is -0.368 e. The van der Waals surface area contributed by atoms with E-state index in [4.69, 9.17) is 5.73 Å². The van der Waals surface area contributed by atoms with Gasteiger partial charge >= 0.3 is 0 Å². The molecule has 2 N–H and O–H groups in total. The number of amides is 1. The van der Waals surface area contributed by atoms with Crippen molar-refractivity contribution < 1.29 is 4.79 Å². The van der Waals surface area contributed by atoms with Crippen LogP contribution < -0.4 is 10.6 Å². The van der Waals surface area contributed by atoms with E-state index in [1.54, 1.807) is 0 Å². The Bertz CT molecular complexity index is 670. The summed E-state index contributed by atoms with van der Waals surface area (Å²) in [7, 11) is 0. The Morgan fingerprint density at radius 3 is 2.68 bits per heavy atom. The molecule has 1 fully saturated rings. The van der Waals surface area contributed by atoms with Crippen molar-refractivity contribution in [2.75, 3.05) is 17.2 Å². The molecule has 0 unspecified atom stereocenters. The standard InChI is InChI=1S/C15H19N5OS/c1-10(2)20-14(16)17-18-15(20)22-12-8-9-19(13(12)21)11-6-4-3-5-7-11/h3-7,10,12H,8-9H2,1-2H3,(H2,16,17)/t12-/m0/s1. The summed E-state index contributed by atoms with van der Waals surface area (Å²) in [5.74, 6) is 0.510. The zero-order valence-electron chi connectivity index (χ0n) is 12.6. The van der Waals surface area contributed by atoms with Crippen molar-refractivity contribution in [1.29, 1.82) is 0 Å². The minimum absolute atomic E-state index is 0.119. The average Bonchev–Trinajstić information content (AvgIpc) is 3.04. The molecule has 1 aromatic carbocycles. The molecule has 2 aromatic rings. The van der Waals surface area contributed by atoms with Crippen LogP contribution in [0.3, 0.4) is 0 Å². The second kappa shape index (κ2) is 6.00. The van der Waals surface area contributed by atoms with Crippen LogP contribution >= 0.6 is 11.8 Å². The number of thioether (sulfide) groups is 1. The molecule has 0 bridgehead atoms. The molecule has 116 valence electrons. The van der Waals surface area contributed by atoms with E-state index in [-0.39, 0.29) is 17.2 Å². The SMILES string of the molecule is CC(C)n1c(N)nnc1S[C@H]1CCN(c2ccccc2)C1=O. The van der Waals surface area contributed by atoms with Crippen LogP contribution in [0.15, 0.2) is 35.5 Å². The highest BCUT2D eigenvalue weighted by Crippen LogP contribution is 2.33. The van der Waals surface area contributed by atoms with E-state index in [1.165, 1.54) is 11.8 Å². The van der Waals surface area contributed by atoms with Gasteiger partial charge in [-0.2, -0.15) is 0 Å². The van der Waals surface area contributed by atoms with Crippen molar-refractivity contribution in [3.63, 3.8) is 0 Å². The number of rotatable bonds is 4. The Balaban J connectivity index is 1.77. The summed E-state index contributed by atoms with van der Waals surface area (Å²) in [5.41, 5.74) is 6.80. The number of carbonyl (C=O) groups excluding carboxylic acids is 1. The predicted molar refractivity (Wildman–Crippen MR) is 87.9 cm³/mol. The Kier molecular flexibility index (Phi) is 4.06. The maximum absolute atomic E-state index is 12.6. The maximum Gasteiger partial charge on any atom is 0.240 e. The number of aromatic nitrogens is 3. The molecule has 1 aliphatic rings. The van der Waals surface area contributed by atoms with E-state index in [0.717, 1.165) is 18.7 Å². The third kappa shape index (κ3) is 2.68. The van der Waals surface area contributed by atoms with Crippen molar-refractivity contribution in [3.05, 3.63) is 30.3 Å². The van der Waals surface area contributed by atoms with Crippen molar-refractivity contribution >= 4 is 29.3 Å². The van der Waals surface area contributed by atoms with Crippen molar-refractivity contribution in [3.8, 4) is 0 Å². The first-order valence-corrected chi connectivity index (χ1v) is 8.19. The fraction of sp³-hybridized carbons (Fsp3) is 0.400. The zero-order chi connectivity index (χ0) is 15.7. The van der Waals surface area contributed by atoms with Crippen molar-refractivity contribution in [2.45, 2.75) is 36.7 Å². The summed E-state index contributed by atoms with van der Waals surface area (Å²) in [4.78, 5) is 14.4. The molecule has 0 spiro atoms. The van der Waals surface area contributed by atoms with Crippen LogP contribution in [-0.4, -0.2) is 32.5 Å². The van der Waals surface area contributed by atoms with Crippen molar-refractivity contribution in [2.24, 2.45) is 0 Å². The van der Waals surface area contributed by atoms with E-state index in [1.807, 2.05) is 53.6 Å². The average molecular weight is 317 g/mol. The molecule has 0 radical (unpaired) electrons. The molecule has 2 heterocycles. The first kappa shape index (κ1) is 14.9. The molecular weight excluding hydrogens is 298 g/mol. The van der Waals surface area contributed by atoms with Gasteiger partial charge in [0.1, 0.15) is 0 Å². The molecule has 22 heavy (non-hydrogen) atoms. The van der Waals surface area contributed by atoms with E-state index in [2.05, 4.69) is 10.2 Å². The highest BCUT2D eigenvalue weighted by atomic mass is 32.2. The number of nitrogens with zero attached hydrogens (tertiary/aromatic N) is 4. The molecule has 7 heteroatoms. The summed E-state index contributed by atoms with van der Waals surface area (Å²) < 4.78 is 1.86. The summed E-state index contributed by atoms with van der Waals surface area (Å²) >= 11 is 1.45. The van der Waals surface area contributed by atoms with Crippen LogP contribution in [0.4, 0.5) is 11.6 Å². The van der Waals surface area contributed by atoms with Gasteiger partial charge in [-0.15, -0.1) is 10.2 Å². The minimum atomic E-state index is -0.138. The van der Waals surface area contributed by atoms with Gasteiger partial charge < -0.3 is 10.6 Å². The quantitative estimate of drug-likeness (QED) is 0.936. The van der Waals surface area contributed by atoms with Gasteiger partial charge in [-0.1, -0.05) is 30.0 Å². The molecule has 1 saturated heterocycles. The maximum atomic E-state index is 12.6. The van der Waals surface area contributed by atoms with Crippen LogP contribution in [0.2, 0.25) is 0 Å². The second-order valence-corrected chi connectivity index (χ2v) is 6.70. The van der Waals surface area contributed by atoms with Gasteiger partial charge in [-0.05, 0) is 32.4 Å². The fourth-order valence-electron chi connectivity index (χ4n) is 2.61. The number of carbonyl (C=O) groups is 1. The first-order chi connectivity index (χ1) is 10.6. The van der Waals surface area contributed by atoms with Crippen LogP contribution in [0, 0.1) is 0 Å². The lowest BCUT2D eigenvalue weighted by Gasteiger charge is -2.17. The monoisotopic (exact) mass is 317 g/mol. The zero-order valence-corrected chi connectivity index (χ0v) is 13.5. The summed E-state index contributed by atoms with van der Waals surface area (Å²) in [6.45, 7) is 4.78. The largest absolute Gasteiger partial charge is 0.368 e. The van der Waals surface area contributed by atoms with Crippen LogP contribution in [-0.2, 0) is 4.79 Å². The molecule has 0 aliphatic carbocycles. The number of para-hydroxylation sites is 1. The number of hydrogen-bond donors (Lipinski definition) is 1. The van der Waals surface area contributed by atoms with Crippen LogP contribution in [0.5, 0.6) is 0 Å². The third-order valence-electron chi connectivity index (χ3n) is 3.68. The van der Waals surface area contributed by atoms with E-state index >= 15 is 0 Å². The Labute approximate surface area is 133 Å². The molecule has 6 nitrogen and oxygen atoms in total. The molecule has 1 amide bonds. The van der Waals surface area contributed by atoms with Gasteiger partial charge in [0.05, 0.1) is 5.25 Å². The molecule has 1 aromatic heterocycles. The topological polar surface area (TPSA) is 77.0 Å². The van der Waals surface area contributed by atoms with Crippen LogP contribution in [0.25, 0.3) is 0 Å². The highest BCUT2D eigenvalue weighted by molar-refractivity contribution is 8.00. The predicted octanol–water partition coefficient (Wildman–Crippen LogP) is 2.34. The summed E-state index contributed by atoms with van der Waals surface area (Å²) in [5, 5.41) is 8.61. The molecule has 1 atom stereocenters.